The highest BCUT2D eigenvalue weighted by atomic mass is 19.1. The molecule has 1 aliphatic heterocycles. The van der Waals surface area contributed by atoms with Gasteiger partial charge in [-0.25, -0.2) is 4.39 Å². The van der Waals surface area contributed by atoms with Gasteiger partial charge in [0, 0.05) is 12.1 Å². The molecule has 2 aromatic carbocycles. The molecule has 0 aromatic heterocycles. The lowest BCUT2D eigenvalue weighted by atomic mass is 10.1. The van der Waals surface area contributed by atoms with Crippen LogP contribution in [0.15, 0.2) is 48.5 Å². The number of amides is 1. The highest BCUT2D eigenvalue weighted by Crippen LogP contribution is 2.29. The van der Waals surface area contributed by atoms with Crippen molar-refractivity contribution in [2.75, 3.05) is 5.32 Å². The fourth-order valence-corrected chi connectivity index (χ4v) is 2.32. The van der Waals surface area contributed by atoms with E-state index in [-0.39, 0.29) is 24.2 Å². The standard InChI is InChI=1S/C16H14FNO2/c17-12-5-7-13(8-6-12)18-16(19)10-14-9-11-3-1-2-4-15(11)20-14/h1-8,14H,9-10H2,(H,18,19). The number of para-hydroxylation sites is 1. The van der Waals surface area contributed by atoms with E-state index in [1.54, 1.807) is 0 Å². The third-order valence-corrected chi connectivity index (χ3v) is 3.25. The Hall–Kier alpha value is -2.36. The number of carbonyl (C=O) groups is 1. The predicted molar refractivity (Wildman–Crippen MR) is 74.2 cm³/mol. The Morgan fingerprint density at radius 2 is 1.95 bits per heavy atom. The molecule has 1 N–H and O–H groups in total. The second-order valence-corrected chi connectivity index (χ2v) is 4.81. The fraction of sp³-hybridized carbons (Fsp3) is 0.188. The Balaban J connectivity index is 1.57. The van der Waals surface area contributed by atoms with Crippen LogP contribution in [0.25, 0.3) is 0 Å². The average Bonchev–Trinajstić information content (AvgIpc) is 2.83. The Bertz CT molecular complexity index is 600. The summed E-state index contributed by atoms with van der Waals surface area (Å²) < 4.78 is 18.5. The highest BCUT2D eigenvalue weighted by Gasteiger charge is 2.24. The van der Waals surface area contributed by atoms with Gasteiger partial charge in [-0.3, -0.25) is 4.79 Å². The first-order chi connectivity index (χ1) is 9.70. The lowest BCUT2D eigenvalue weighted by Gasteiger charge is -2.11. The lowest BCUT2D eigenvalue weighted by Crippen LogP contribution is -2.23. The van der Waals surface area contributed by atoms with E-state index in [1.165, 1.54) is 24.3 Å². The maximum Gasteiger partial charge on any atom is 0.228 e. The van der Waals surface area contributed by atoms with Gasteiger partial charge in [-0.15, -0.1) is 0 Å². The Morgan fingerprint density at radius 3 is 2.70 bits per heavy atom. The number of ether oxygens (including phenoxy) is 1. The first-order valence-electron chi connectivity index (χ1n) is 6.51. The zero-order valence-electron chi connectivity index (χ0n) is 10.8. The first-order valence-corrected chi connectivity index (χ1v) is 6.51. The van der Waals surface area contributed by atoms with Gasteiger partial charge < -0.3 is 10.1 Å². The van der Waals surface area contributed by atoms with Crippen LogP contribution in [0.3, 0.4) is 0 Å². The van der Waals surface area contributed by atoms with Crippen LogP contribution in [0.2, 0.25) is 0 Å². The summed E-state index contributed by atoms with van der Waals surface area (Å²) in [6, 6.07) is 13.5. The Labute approximate surface area is 116 Å². The molecule has 1 atom stereocenters. The highest BCUT2D eigenvalue weighted by molar-refractivity contribution is 5.91. The summed E-state index contributed by atoms with van der Waals surface area (Å²) in [6.07, 6.45) is 0.895. The number of anilines is 1. The Morgan fingerprint density at radius 1 is 1.20 bits per heavy atom. The molecular weight excluding hydrogens is 257 g/mol. The van der Waals surface area contributed by atoms with Crippen molar-refractivity contribution in [2.45, 2.75) is 18.9 Å². The van der Waals surface area contributed by atoms with Crippen LogP contribution >= 0.6 is 0 Å². The van der Waals surface area contributed by atoms with Crippen LogP contribution in [-0.2, 0) is 11.2 Å². The second-order valence-electron chi connectivity index (χ2n) is 4.81. The van der Waals surface area contributed by atoms with E-state index in [9.17, 15) is 9.18 Å². The molecule has 0 saturated heterocycles. The van der Waals surface area contributed by atoms with Gasteiger partial charge in [0.2, 0.25) is 5.91 Å². The van der Waals surface area contributed by atoms with Crippen molar-refractivity contribution in [3.8, 4) is 5.75 Å². The van der Waals surface area contributed by atoms with Gasteiger partial charge in [0.15, 0.2) is 0 Å². The van der Waals surface area contributed by atoms with E-state index >= 15 is 0 Å². The molecule has 0 fully saturated rings. The zero-order chi connectivity index (χ0) is 13.9. The van der Waals surface area contributed by atoms with Crippen molar-refractivity contribution >= 4 is 11.6 Å². The van der Waals surface area contributed by atoms with Crippen LogP contribution in [0.5, 0.6) is 5.75 Å². The number of nitrogens with one attached hydrogen (secondary N) is 1. The van der Waals surface area contributed by atoms with Crippen LogP contribution in [0, 0.1) is 5.82 Å². The van der Waals surface area contributed by atoms with Gasteiger partial charge in [0.05, 0.1) is 6.42 Å². The van der Waals surface area contributed by atoms with E-state index in [0.29, 0.717) is 5.69 Å². The van der Waals surface area contributed by atoms with E-state index < -0.39 is 0 Å². The minimum Gasteiger partial charge on any atom is -0.489 e. The van der Waals surface area contributed by atoms with Gasteiger partial charge in [-0.1, -0.05) is 18.2 Å². The van der Waals surface area contributed by atoms with Crippen molar-refractivity contribution in [3.63, 3.8) is 0 Å². The molecule has 0 saturated carbocycles. The monoisotopic (exact) mass is 271 g/mol. The van der Waals surface area contributed by atoms with Crippen molar-refractivity contribution in [1.29, 1.82) is 0 Å². The molecule has 1 amide bonds. The van der Waals surface area contributed by atoms with E-state index in [1.807, 2.05) is 24.3 Å². The second kappa shape index (κ2) is 5.33. The molecule has 2 aromatic rings. The normalized spacial score (nSPS) is 16.4. The molecule has 3 nitrogen and oxygen atoms in total. The van der Waals surface area contributed by atoms with Crippen LogP contribution in [0.4, 0.5) is 10.1 Å². The number of rotatable bonds is 3. The molecule has 1 heterocycles. The predicted octanol–water partition coefficient (Wildman–Crippen LogP) is 3.16. The third kappa shape index (κ3) is 2.79. The van der Waals surface area contributed by atoms with Gasteiger partial charge in [-0.2, -0.15) is 0 Å². The summed E-state index contributed by atoms with van der Waals surface area (Å²) in [4.78, 5) is 11.9. The minimum absolute atomic E-state index is 0.130. The van der Waals surface area contributed by atoms with Crippen molar-refractivity contribution in [2.24, 2.45) is 0 Å². The van der Waals surface area contributed by atoms with Gasteiger partial charge in [0.1, 0.15) is 17.7 Å². The van der Waals surface area contributed by atoms with Crippen LogP contribution < -0.4 is 10.1 Å². The topological polar surface area (TPSA) is 38.3 Å². The van der Waals surface area contributed by atoms with Crippen LogP contribution in [0.1, 0.15) is 12.0 Å². The average molecular weight is 271 g/mol. The molecule has 102 valence electrons. The molecule has 3 rings (SSSR count). The first kappa shape index (κ1) is 12.7. The summed E-state index contributed by atoms with van der Waals surface area (Å²) in [6.45, 7) is 0. The maximum absolute atomic E-state index is 12.8. The van der Waals surface area contributed by atoms with Gasteiger partial charge in [0.25, 0.3) is 0 Å². The molecule has 0 spiro atoms. The summed E-state index contributed by atoms with van der Waals surface area (Å²) >= 11 is 0. The SMILES string of the molecule is O=C(CC1Cc2ccccc2O1)Nc1ccc(F)cc1. The van der Waals surface area contributed by atoms with Crippen LogP contribution in [-0.4, -0.2) is 12.0 Å². The van der Waals surface area contributed by atoms with Crippen molar-refractivity contribution < 1.29 is 13.9 Å². The van der Waals surface area contributed by atoms with E-state index in [0.717, 1.165) is 17.7 Å². The molecule has 0 bridgehead atoms. The summed E-state index contributed by atoms with van der Waals surface area (Å²) in [5, 5.41) is 2.74. The smallest absolute Gasteiger partial charge is 0.228 e. The minimum atomic E-state index is -0.322. The quantitative estimate of drug-likeness (QED) is 0.931. The number of hydrogen-bond donors (Lipinski definition) is 1. The van der Waals surface area contributed by atoms with E-state index in [2.05, 4.69) is 5.32 Å². The maximum atomic E-state index is 12.8. The summed E-state index contributed by atoms with van der Waals surface area (Å²) in [7, 11) is 0. The Kier molecular flexibility index (Phi) is 3.37. The number of hydrogen-bond acceptors (Lipinski definition) is 2. The number of carbonyl (C=O) groups excluding carboxylic acids is 1. The number of fused-ring (bicyclic) bond motifs is 1. The molecule has 0 radical (unpaired) electrons. The summed E-state index contributed by atoms with van der Waals surface area (Å²) in [5.41, 5.74) is 1.72. The molecule has 0 aliphatic carbocycles. The zero-order valence-corrected chi connectivity index (χ0v) is 10.8. The fourth-order valence-electron chi connectivity index (χ4n) is 2.32. The van der Waals surface area contributed by atoms with E-state index in [4.69, 9.17) is 4.74 Å². The van der Waals surface area contributed by atoms with Gasteiger partial charge in [-0.05, 0) is 35.9 Å². The van der Waals surface area contributed by atoms with Crippen molar-refractivity contribution in [3.05, 3.63) is 59.9 Å². The number of benzene rings is 2. The molecule has 20 heavy (non-hydrogen) atoms. The molecule has 1 unspecified atom stereocenters. The third-order valence-electron chi connectivity index (χ3n) is 3.25. The number of halogens is 1. The van der Waals surface area contributed by atoms with Gasteiger partial charge >= 0.3 is 0 Å². The van der Waals surface area contributed by atoms with Crippen molar-refractivity contribution in [1.82, 2.24) is 0 Å². The molecule has 1 aliphatic rings. The molecular formula is C16H14FNO2. The largest absolute Gasteiger partial charge is 0.489 e. The molecule has 4 heteroatoms. The summed E-state index contributed by atoms with van der Waals surface area (Å²) in [5.74, 6) is 0.402. The lowest BCUT2D eigenvalue weighted by molar-refractivity contribution is -0.117.